The molecule has 0 amide bonds. The van der Waals surface area contributed by atoms with Gasteiger partial charge in [0.05, 0.1) is 22.4 Å². The van der Waals surface area contributed by atoms with Crippen molar-refractivity contribution in [1.29, 1.82) is 0 Å². The Bertz CT molecular complexity index is 524. The van der Waals surface area contributed by atoms with Crippen molar-refractivity contribution in [3.05, 3.63) is 41.5 Å². The number of alkyl halides is 1. The van der Waals surface area contributed by atoms with Crippen LogP contribution >= 0.6 is 15.9 Å². The summed E-state index contributed by atoms with van der Waals surface area (Å²) in [7, 11) is 0. The summed E-state index contributed by atoms with van der Waals surface area (Å²) in [5, 5.41) is 8.11. The van der Waals surface area contributed by atoms with Crippen LogP contribution in [-0.2, 0) is 0 Å². The molecule has 0 aliphatic heterocycles. The lowest BCUT2D eigenvalue weighted by Gasteiger charge is -2.05. The molecule has 0 radical (unpaired) electrons. The first-order chi connectivity index (χ1) is 8.13. The topological polar surface area (TPSA) is 30.7 Å². The van der Waals surface area contributed by atoms with Crippen LogP contribution in [0, 0.1) is 12.7 Å². The van der Waals surface area contributed by atoms with Gasteiger partial charge in [0.2, 0.25) is 0 Å². The van der Waals surface area contributed by atoms with Gasteiger partial charge in [-0.05, 0) is 25.5 Å². The molecule has 0 aliphatic rings. The Morgan fingerprint density at radius 1 is 1.47 bits per heavy atom. The van der Waals surface area contributed by atoms with Gasteiger partial charge in [0.1, 0.15) is 5.82 Å². The smallest absolute Gasteiger partial charge is 0.128 e. The third-order valence-corrected chi connectivity index (χ3v) is 3.79. The summed E-state index contributed by atoms with van der Waals surface area (Å²) in [6, 6.07) is 4.94. The monoisotopic (exact) mass is 297 g/mol. The van der Waals surface area contributed by atoms with E-state index in [0.29, 0.717) is 5.56 Å². The zero-order valence-corrected chi connectivity index (χ0v) is 11.3. The van der Waals surface area contributed by atoms with Crippen molar-refractivity contribution in [1.82, 2.24) is 15.0 Å². The quantitative estimate of drug-likeness (QED) is 0.811. The Labute approximate surface area is 108 Å². The minimum Gasteiger partial charge on any atom is -0.220 e. The first kappa shape index (κ1) is 12.2. The van der Waals surface area contributed by atoms with E-state index in [1.54, 1.807) is 17.7 Å². The number of hydrogen-bond donors (Lipinski definition) is 0. The third-order valence-electron chi connectivity index (χ3n) is 2.68. The number of nitrogens with zero attached hydrogens (tertiary/aromatic N) is 3. The molecule has 0 saturated carbocycles. The van der Waals surface area contributed by atoms with Gasteiger partial charge in [-0.15, -0.1) is 5.10 Å². The van der Waals surface area contributed by atoms with Crippen LogP contribution in [0.25, 0.3) is 5.69 Å². The lowest BCUT2D eigenvalue weighted by atomic mass is 10.2. The Hall–Kier alpha value is -1.23. The number of hydrogen-bond acceptors (Lipinski definition) is 2. The maximum atomic E-state index is 13.4. The van der Waals surface area contributed by atoms with Gasteiger partial charge < -0.3 is 0 Å². The SMILES string of the molecule is CCC(Br)c1cn(-c2cccc(F)c2C)nn1. The highest BCUT2D eigenvalue weighted by molar-refractivity contribution is 9.09. The Kier molecular flexibility index (Phi) is 3.57. The second-order valence-corrected chi connectivity index (χ2v) is 4.95. The zero-order chi connectivity index (χ0) is 12.4. The standard InChI is InChI=1S/C12H13BrFN3/c1-3-9(13)11-7-17(16-15-11)12-6-4-5-10(14)8(12)2/h4-7,9H,3H2,1-2H3. The van der Waals surface area contributed by atoms with Crippen molar-refractivity contribution in [2.45, 2.75) is 25.1 Å². The van der Waals surface area contributed by atoms with Crippen molar-refractivity contribution >= 4 is 15.9 Å². The summed E-state index contributed by atoms with van der Waals surface area (Å²) in [6.45, 7) is 3.79. The average molecular weight is 298 g/mol. The van der Waals surface area contributed by atoms with E-state index in [-0.39, 0.29) is 10.6 Å². The van der Waals surface area contributed by atoms with Crippen LogP contribution in [0.1, 0.15) is 29.4 Å². The third kappa shape index (κ3) is 2.39. The summed E-state index contributed by atoms with van der Waals surface area (Å²) in [6.07, 6.45) is 2.76. The fraction of sp³-hybridized carbons (Fsp3) is 0.333. The molecule has 0 aliphatic carbocycles. The van der Waals surface area contributed by atoms with Gasteiger partial charge in [-0.2, -0.15) is 0 Å². The molecule has 1 heterocycles. The van der Waals surface area contributed by atoms with E-state index in [4.69, 9.17) is 0 Å². The highest BCUT2D eigenvalue weighted by Gasteiger charge is 2.12. The maximum Gasteiger partial charge on any atom is 0.128 e. The molecule has 1 unspecified atom stereocenters. The van der Waals surface area contributed by atoms with E-state index in [1.165, 1.54) is 6.07 Å². The molecule has 1 aromatic carbocycles. The van der Waals surface area contributed by atoms with Crippen molar-refractivity contribution in [3.8, 4) is 5.69 Å². The molecule has 2 aromatic rings. The molecule has 0 fully saturated rings. The van der Waals surface area contributed by atoms with E-state index in [9.17, 15) is 4.39 Å². The molecule has 3 nitrogen and oxygen atoms in total. The Morgan fingerprint density at radius 2 is 2.24 bits per heavy atom. The summed E-state index contributed by atoms with van der Waals surface area (Å²) in [5.41, 5.74) is 2.15. The van der Waals surface area contributed by atoms with Crippen LogP contribution in [0.3, 0.4) is 0 Å². The van der Waals surface area contributed by atoms with Crippen molar-refractivity contribution in [3.63, 3.8) is 0 Å². The molecule has 0 bridgehead atoms. The number of aromatic nitrogens is 3. The zero-order valence-electron chi connectivity index (χ0n) is 9.69. The van der Waals surface area contributed by atoms with E-state index < -0.39 is 0 Å². The van der Waals surface area contributed by atoms with Gasteiger partial charge in [0.25, 0.3) is 0 Å². The first-order valence-electron chi connectivity index (χ1n) is 5.45. The highest BCUT2D eigenvalue weighted by Crippen LogP contribution is 2.24. The molecule has 1 atom stereocenters. The predicted octanol–water partition coefficient (Wildman–Crippen LogP) is 3.56. The van der Waals surface area contributed by atoms with Crippen LogP contribution in [0.2, 0.25) is 0 Å². The molecule has 0 N–H and O–H groups in total. The molecule has 1 aromatic heterocycles. The molecule has 2 rings (SSSR count). The van der Waals surface area contributed by atoms with Crippen LogP contribution in [0.4, 0.5) is 4.39 Å². The summed E-state index contributed by atoms with van der Waals surface area (Å²) in [5.74, 6) is -0.231. The number of rotatable bonds is 3. The van der Waals surface area contributed by atoms with Gasteiger partial charge in [0, 0.05) is 5.56 Å². The van der Waals surface area contributed by atoms with Gasteiger partial charge >= 0.3 is 0 Å². The largest absolute Gasteiger partial charge is 0.220 e. The Morgan fingerprint density at radius 3 is 2.94 bits per heavy atom. The maximum absolute atomic E-state index is 13.4. The van der Waals surface area contributed by atoms with Gasteiger partial charge in [0.15, 0.2) is 0 Å². The first-order valence-corrected chi connectivity index (χ1v) is 6.37. The summed E-state index contributed by atoms with van der Waals surface area (Å²) < 4.78 is 15.0. The lowest BCUT2D eigenvalue weighted by molar-refractivity contribution is 0.614. The molecular weight excluding hydrogens is 285 g/mol. The molecule has 0 saturated heterocycles. The second-order valence-electron chi connectivity index (χ2n) is 3.85. The van der Waals surface area contributed by atoms with Crippen LogP contribution in [0.5, 0.6) is 0 Å². The van der Waals surface area contributed by atoms with Gasteiger partial charge in [-0.1, -0.05) is 34.1 Å². The van der Waals surface area contributed by atoms with Gasteiger partial charge in [-0.3, -0.25) is 0 Å². The fourth-order valence-corrected chi connectivity index (χ4v) is 1.80. The summed E-state index contributed by atoms with van der Waals surface area (Å²) >= 11 is 3.51. The van der Waals surface area contributed by atoms with Crippen LogP contribution in [0.15, 0.2) is 24.4 Å². The van der Waals surface area contributed by atoms with Crippen LogP contribution in [-0.4, -0.2) is 15.0 Å². The lowest BCUT2D eigenvalue weighted by Crippen LogP contribution is -1.99. The van der Waals surface area contributed by atoms with E-state index >= 15 is 0 Å². The predicted molar refractivity (Wildman–Crippen MR) is 68.0 cm³/mol. The number of benzene rings is 1. The minimum absolute atomic E-state index is 0.185. The van der Waals surface area contributed by atoms with Crippen molar-refractivity contribution in [2.24, 2.45) is 0 Å². The molecule has 0 spiro atoms. The fourth-order valence-electron chi connectivity index (χ4n) is 1.59. The average Bonchev–Trinajstić information content (AvgIpc) is 2.81. The van der Waals surface area contributed by atoms with E-state index in [1.807, 2.05) is 12.3 Å². The molecule has 17 heavy (non-hydrogen) atoms. The molecular formula is C12H13BrFN3. The highest BCUT2D eigenvalue weighted by atomic mass is 79.9. The van der Waals surface area contributed by atoms with Crippen molar-refractivity contribution < 1.29 is 4.39 Å². The van der Waals surface area contributed by atoms with E-state index in [0.717, 1.165) is 17.8 Å². The summed E-state index contributed by atoms with van der Waals surface area (Å²) in [4.78, 5) is 0.185. The van der Waals surface area contributed by atoms with Crippen LogP contribution < -0.4 is 0 Å². The second kappa shape index (κ2) is 4.96. The number of halogens is 2. The van der Waals surface area contributed by atoms with Crippen molar-refractivity contribution in [2.75, 3.05) is 0 Å². The van der Waals surface area contributed by atoms with E-state index in [2.05, 4.69) is 33.2 Å². The Balaban J connectivity index is 2.40. The van der Waals surface area contributed by atoms with Gasteiger partial charge in [-0.25, -0.2) is 9.07 Å². The normalized spacial score (nSPS) is 12.7. The minimum atomic E-state index is -0.231. The molecule has 5 heteroatoms. The molecule has 90 valence electrons.